The number of carbonyl (C=O) groups excluding carboxylic acids is 1. The molecule has 0 radical (unpaired) electrons. The summed E-state index contributed by atoms with van der Waals surface area (Å²) in [6, 6.07) is -0.978. The van der Waals surface area contributed by atoms with Crippen molar-refractivity contribution in [3.63, 3.8) is 0 Å². The van der Waals surface area contributed by atoms with Crippen LogP contribution >= 0.6 is 0 Å². The Hall–Kier alpha value is -1.99. The Morgan fingerprint density at radius 3 is 1.38 bits per heavy atom. The molecule has 17 unspecified atom stereocenters. The number of allylic oxidation sites excluding steroid dienone is 5. The van der Waals surface area contributed by atoms with Crippen molar-refractivity contribution in [2.75, 3.05) is 26.4 Å². The average Bonchev–Trinajstić information content (AvgIpc) is 3.42. The van der Waals surface area contributed by atoms with Gasteiger partial charge in [-0.05, 0) is 44.9 Å². The van der Waals surface area contributed by atoms with E-state index in [0.717, 1.165) is 70.6 Å². The molecule has 3 fully saturated rings. The molecule has 0 aromatic rings. The van der Waals surface area contributed by atoms with Crippen molar-refractivity contribution in [1.29, 1.82) is 0 Å². The molecule has 17 atom stereocenters. The Bertz CT molecular complexity index is 1540. The molecule has 0 bridgehead atoms. The van der Waals surface area contributed by atoms with Gasteiger partial charge in [0.1, 0.15) is 73.2 Å². The molecule has 444 valence electrons. The fourth-order valence-corrected chi connectivity index (χ4v) is 9.79. The van der Waals surface area contributed by atoms with Crippen LogP contribution in [-0.4, -0.2) is 193 Å². The smallest absolute Gasteiger partial charge is 0.220 e. The highest BCUT2D eigenvalue weighted by Gasteiger charge is 2.53. The van der Waals surface area contributed by atoms with Crippen LogP contribution in [0.1, 0.15) is 187 Å². The quantitative estimate of drug-likeness (QED) is 0.0295. The topological polar surface area (TPSA) is 307 Å². The highest BCUT2D eigenvalue weighted by molar-refractivity contribution is 5.76. The SMILES string of the molecule is CCCC/C=C\C/C=C\CCCCCCCC(=O)NC(COC1OC(CO)C(OC2OC(CO)C(OC3OC(CO)C(O)C(O)C3O)C(O)C2O)C(O)C1O)C(O)/C=C/CCCCCCCCCCCCCCCCC. The van der Waals surface area contributed by atoms with Crippen molar-refractivity contribution in [2.45, 2.75) is 291 Å². The predicted molar refractivity (Wildman–Crippen MR) is 286 cm³/mol. The van der Waals surface area contributed by atoms with E-state index in [9.17, 15) is 61.0 Å². The van der Waals surface area contributed by atoms with Gasteiger partial charge in [0.15, 0.2) is 18.9 Å². The van der Waals surface area contributed by atoms with E-state index in [0.29, 0.717) is 6.42 Å². The molecule has 3 rings (SSSR count). The van der Waals surface area contributed by atoms with Gasteiger partial charge in [-0.3, -0.25) is 4.79 Å². The van der Waals surface area contributed by atoms with Crippen molar-refractivity contribution in [3.8, 4) is 0 Å². The number of carbonyl (C=O) groups is 1. The molecule has 3 saturated heterocycles. The van der Waals surface area contributed by atoms with E-state index >= 15 is 0 Å². The molecule has 3 heterocycles. The number of nitrogens with one attached hydrogen (secondary N) is 1. The van der Waals surface area contributed by atoms with Crippen molar-refractivity contribution < 1.29 is 89.4 Å². The summed E-state index contributed by atoms with van der Waals surface area (Å²) in [6.07, 6.45) is 15.5. The lowest BCUT2D eigenvalue weighted by molar-refractivity contribution is -0.379. The molecule has 12 N–H and O–H groups in total. The van der Waals surface area contributed by atoms with Crippen LogP contribution < -0.4 is 5.32 Å². The van der Waals surface area contributed by atoms with Gasteiger partial charge in [0.2, 0.25) is 5.91 Å². The molecule has 0 aromatic carbocycles. The van der Waals surface area contributed by atoms with E-state index in [-0.39, 0.29) is 18.9 Å². The van der Waals surface area contributed by atoms with Crippen molar-refractivity contribution in [3.05, 3.63) is 36.5 Å². The third-order valence-corrected chi connectivity index (χ3v) is 14.7. The summed E-state index contributed by atoms with van der Waals surface area (Å²) in [4.78, 5) is 13.3. The first-order valence-electron chi connectivity index (χ1n) is 29.2. The van der Waals surface area contributed by atoms with Gasteiger partial charge < -0.3 is 89.9 Å². The minimum Gasteiger partial charge on any atom is -0.394 e. The lowest BCUT2D eigenvalue weighted by atomic mass is 9.96. The predicted octanol–water partition coefficient (Wildman–Crippen LogP) is 4.54. The zero-order valence-electron chi connectivity index (χ0n) is 46.0. The number of unbranched alkanes of at least 4 members (excludes halogenated alkanes) is 22. The van der Waals surface area contributed by atoms with Gasteiger partial charge in [0.05, 0.1) is 38.6 Å². The van der Waals surface area contributed by atoms with Gasteiger partial charge in [0, 0.05) is 6.42 Å². The number of hydrogen-bond acceptors (Lipinski definition) is 18. The Morgan fingerprint density at radius 2 is 0.882 bits per heavy atom. The molecule has 76 heavy (non-hydrogen) atoms. The molecule has 3 aliphatic rings. The van der Waals surface area contributed by atoms with Crippen LogP contribution in [0.15, 0.2) is 36.5 Å². The van der Waals surface area contributed by atoms with Gasteiger partial charge in [-0.1, -0.05) is 172 Å². The van der Waals surface area contributed by atoms with Crippen LogP contribution in [0.5, 0.6) is 0 Å². The Kier molecular flexibility index (Phi) is 36.9. The third kappa shape index (κ3) is 25.2. The van der Waals surface area contributed by atoms with Gasteiger partial charge in [0.25, 0.3) is 0 Å². The van der Waals surface area contributed by atoms with Crippen LogP contribution in [0, 0.1) is 0 Å². The number of ether oxygens (including phenoxy) is 6. The average molecular weight is 1090 g/mol. The molecule has 19 heteroatoms. The van der Waals surface area contributed by atoms with E-state index in [4.69, 9.17) is 28.4 Å². The van der Waals surface area contributed by atoms with Crippen LogP contribution in [0.25, 0.3) is 0 Å². The second kappa shape index (κ2) is 41.1. The lowest BCUT2D eigenvalue weighted by Crippen LogP contribution is -2.66. The summed E-state index contributed by atoms with van der Waals surface area (Å²) < 4.78 is 34.2. The van der Waals surface area contributed by atoms with E-state index in [2.05, 4.69) is 43.5 Å². The van der Waals surface area contributed by atoms with Gasteiger partial charge >= 0.3 is 0 Å². The molecule has 0 aromatic heterocycles. The zero-order chi connectivity index (χ0) is 55.5. The summed E-state index contributed by atoms with van der Waals surface area (Å²) in [7, 11) is 0. The highest BCUT2D eigenvalue weighted by atomic mass is 16.8. The monoisotopic (exact) mass is 1090 g/mol. The number of aliphatic hydroxyl groups is 11. The fourth-order valence-electron chi connectivity index (χ4n) is 9.79. The summed E-state index contributed by atoms with van der Waals surface area (Å²) in [5.41, 5.74) is 0. The minimum atomic E-state index is -1.98. The van der Waals surface area contributed by atoms with Gasteiger partial charge in [-0.25, -0.2) is 0 Å². The molecule has 0 aliphatic carbocycles. The Balaban J connectivity index is 1.53. The molecule has 19 nitrogen and oxygen atoms in total. The lowest BCUT2D eigenvalue weighted by Gasteiger charge is -2.48. The van der Waals surface area contributed by atoms with E-state index in [1.165, 1.54) is 89.9 Å². The second-order valence-electron chi connectivity index (χ2n) is 21.1. The van der Waals surface area contributed by atoms with Gasteiger partial charge in [-0.15, -0.1) is 0 Å². The molecule has 0 spiro atoms. The summed E-state index contributed by atoms with van der Waals surface area (Å²) in [5, 5.41) is 120. The second-order valence-corrected chi connectivity index (χ2v) is 21.1. The maximum absolute atomic E-state index is 13.3. The zero-order valence-corrected chi connectivity index (χ0v) is 46.0. The van der Waals surface area contributed by atoms with E-state index in [1.54, 1.807) is 6.08 Å². The number of rotatable bonds is 42. The van der Waals surface area contributed by atoms with Crippen LogP contribution in [0.3, 0.4) is 0 Å². The van der Waals surface area contributed by atoms with E-state index in [1.807, 2.05) is 6.08 Å². The third-order valence-electron chi connectivity index (χ3n) is 14.7. The maximum Gasteiger partial charge on any atom is 0.220 e. The first kappa shape index (κ1) is 68.3. The van der Waals surface area contributed by atoms with Crippen LogP contribution in [-0.2, 0) is 33.2 Å². The normalized spacial score (nSPS) is 31.2. The maximum atomic E-state index is 13.3. The fraction of sp³-hybridized carbons (Fsp3) is 0.877. The standard InChI is InChI=1S/C57H103NO18/c1-3-5-7-9-11-13-15-17-19-20-21-22-24-26-28-30-32-34-41(62)40(58-45(63)35-33-31-29-27-25-23-18-16-14-12-10-8-6-4-2)39-71-55-51(69)48(66)53(43(37-60)73-55)76-57-52(70)49(67)54(44(38-61)74-57)75-56-50(68)47(65)46(64)42(36-59)72-56/h10,12,16,18,32,34,40-44,46-57,59-62,64-70H,3-9,11,13-15,17,19-31,33,35-39H2,1-2H3,(H,58,63)/b12-10-,18-16-,34-32+. The molecule has 1 amide bonds. The molecule has 0 saturated carbocycles. The number of hydrogen-bond donors (Lipinski definition) is 12. The van der Waals surface area contributed by atoms with E-state index < -0.39 is 124 Å². The highest BCUT2D eigenvalue weighted by Crippen LogP contribution is 2.33. The number of aliphatic hydroxyl groups excluding tert-OH is 11. The van der Waals surface area contributed by atoms with Crippen molar-refractivity contribution in [1.82, 2.24) is 5.32 Å². The van der Waals surface area contributed by atoms with Crippen molar-refractivity contribution >= 4 is 5.91 Å². The first-order chi connectivity index (χ1) is 36.8. The van der Waals surface area contributed by atoms with Crippen LogP contribution in [0.4, 0.5) is 0 Å². The van der Waals surface area contributed by atoms with Crippen molar-refractivity contribution in [2.24, 2.45) is 0 Å². The molecule has 3 aliphatic heterocycles. The summed E-state index contributed by atoms with van der Waals surface area (Å²) in [6.45, 7) is 1.66. The molecular formula is C57H103NO18. The summed E-state index contributed by atoms with van der Waals surface area (Å²) >= 11 is 0. The van der Waals surface area contributed by atoms with Gasteiger partial charge in [-0.2, -0.15) is 0 Å². The number of amides is 1. The molecular weight excluding hydrogens is 987 g/mol. The minimum absolute atomic E-state index is 0.227. The Labute approximate surface area is 453 Å². The van der Waals surface area contributed by atoms with Crippen LogP contribution in [0.2, 0.25) is 0 Å². The summed E-state index contributed by atoms with van der Waals surface area (Å²) in [5.74, 6) is -0.291. The largest absolute Gasteiger partial charge is 0.394 e. The first-order valence-corrected chi connectivity index (χ1v) is 29.2. The Morgan fingerprint density at radius 1 is 0.474 bits per heavy atom.